The van der Waals surface area contributed by atoms with Crippen LogP contribution in [0.3, 0.4) is 0 Å². The fourth-order valence-corrected chi connectivity index (χ4v) is 5.02. The first-order valence-corrected chi connectivity index (χ1v) is 10.7. The van der Waals surface area contributed by atoms with E-state index >= 15 is 0 Å². The smallest absolute Gasteiger partial charge is 0.303 e. The largest absolute Gasteiger partial charge is 0.462 e. The van der Waals surface area contributed by atoms with Crippen LogP contribution >= 0.6 is 23.5 Å². The van der Waals surface area contributed by atoms with Crippen molar-refractivity contribution in [1.82, 2.24) is 0 Å². The quantitative estimate of drug-likeness (QED) is 0.406. The lowest BCUT2D eigenvalue weighted by Crippen LogP contribution is -2.46. The first-order valence-electron chi connectivity index (χ1n) is 8.81. The van der Waals surface area contributed by atoms with Crippen molar-refractivity contribution in [2.45, 2.75) is 57.5 Å². The Hall–Kier alpha value is -1.79. The van der Waals surface area contributed by atoms with Crippen molar-refractivity contribution in [1.29, 1.82) is 0 Å². The van der Waals surface area contributed by atoms with Crippen LogP contribution in [-0.4, -0.2) is 77.0 Å². The molecule has 162 valence electrons. The standard InChI is InChI=1S/C17H23NO9S2/c1-8(19)23-7-12(24-9(2)20)13-14(25-10(3)21)15(26-11(4)22)16(27-13)29-17-18-5-6-28-17/h12-16H,5-7H2,1-4H3/t12-,13+,14+,15-,16+/m1/s1. The van der Waals surface area contributed by atoms with Gasteiger partial charge in [0.05, 0.1) is 6.54 Å². The lowest BCUT2D eigenvalue weighted by Gasteiger charge is -2.27. The lowest BCUT2D eigenvalue weighted by molar-refractivity contribution is -0.176. The van der Waals surface area contributed by atoms with E-state index in [1.54, 1.807) is 0 Å². The maximum absolute atomic E-state index is 11.7. The van der Waals surface area contributed by atoms with E-state index < -0.39 is 53.7 Å². The maximum atomic E-state index is 11.7. The van der Waals surface area contributed by atoms with Gasteiger partial charge >= 0.3 is 23.9 Å². The normalized spacial score (nSPS) is 27.0. The SMILES string of the molecule is CC(=O)OC[C@@H](OC(C)=O)[C@@H]1O[C@@H](SC2=NCCS2)[C@H](OC(C)=O)[C@H]1OC(C)=O. The summed E-state index contributed by atoms with van der Waals surface area (Å²) in [6.45, 7) is 5.18. The molecule has 2 heterocycles. The summed E-state index contributed by atoms with van der Waals surface area (Å²) in [7, 11) is 0. The maximum Gasteiger partial charge on any atom is 0.303 e. The summed E-state index contributed by atoms with van der Waals surface area (Å²) in [4.78, 5) is 50.5. The average molecular weight is 450 g/mol. The number of rotatable bonds is 7. The Morgan fingerprint density at radius 1 is 1.07 bits per heavy atom. The Labute approximate surface area is 176 Å². The van der Waals surface area contributed by atoms with E-state index in [9.17, 15) is 19.2 Å². The van der Waals surface area contributed by atoms with Gasteiger partial charge in [-0.15, -0.1) is 0 Å². The number of carbonyl (C=O) groups is 4. The lowest BCUT2D eigenvalue weighted by atomic mass is 10.1. The van der Waals surface area contributed by atoms with E-state index in [-0.39, 0.29) is 6.61 Å². The van der Waals surface area contributed by atoms with E-state index in [1.165, 1.54) is 51.2 Å². The van der Waals surface area contributed by atoms with E-state index in [0.717, 1.165) is 10.1 Å². The summed E-state index contributed by atoms with van der Waals surface area (Å²) in [6.07, 6.45) is -4.12. The van der Waals surface area contributed by atoms with Gasteiger partial charge in [0, 0.05) is 33.4 Å². The van der Waals surface area contributed by atoms with Crippen LogP contribution < -0.4 is 0 Å². The van der Waals surface area contributed by atoms with Gasteiger partial charge < -0.3 is 23.7 Å². The van der Waals surface area contributed by atoms with Crippen molar-refractivity contribution in [3.05, 3.63) is 0 Å². The molecule has 10 nitrogen and oxygen atoms in total. The minimum atomic E-state index is -1.07. The Morgan fingerprint density at radius 2 is 1.72 bits per heavy atom. The molecule has 0 aliphatic carbocycles. The topological polar surface area (TPSA) is 127 Å². The Bertz CT molecular complexity index is 684. The fraction of sp³-hybridized carbons (Fsp3) is 0.706. The van der Waals surface area contributed by atoms with Gasteiger partial charge in [-0.1, -0.05) is 23.5 Å². The highest BCUT2D eigenvalue weighted by atomic mass is 32.2. The Kier molecular flexibility index (Phi) is 8.78. The number of ether oxygens (including phenoxy) is 5. The summed E-state index contributed by atoms with van der Waals surface area (Å²) in [5.41, 5.74) is -0.756. The number of carbonyl (C=O) groups excluding carboxylic acids is 4. The minimum absolute atomic E-state index is 0.308. The summed E-state index contributed by atoms with van der Waals surface area (Å²) in [5, 5.41) is 0. The van der Waals surface area contributed by atoms with Gasteiger partial charge in [0.15, 0.2) is 23.7 Å². The second-order valence-electron chi connectivity index (χ2n) is 6.18. The summed E-state index contributed by atoms with van der Waals surface area (Å²) in [5.74, 6) is -1.61. The number of nitrogens with zero attached hydrogens (tertiary/aromatic N) is 1. The molecule has 0 aromatic carbocycles. The molecular formula is C17H23NO9S2. The van der Waals surface area contributed by atoms with Crippen LogP contribution in [0.5, 0.6) is 0 Å². The molecule has 0 aromatic heterocycles. The van der Waals surface area contributed by atoms with E-state index in [1.807, 2.05) is 0 Å². The molecule has 0 bridgehead atoms. The van der Waals surface area contributed by atoms with Crippen molar-refractivity contribution in [2.24, 2.45) is 4.99 Å². The van der Waals surface area contributed by atoms with Crippen LogP contribution in [0, 0.1) is 0 Å². The molecule has 29 heavy (non-hydrogen) atoms. The van der Waals surface area contributed by atoms with Gasteiger partial charge in [-0.2, -0.15) is 0 Å². The zero-order valence-corrected chi connectivity index (χ0v) is 18.1. The van der Waals surface area contributed by atoms with E-state index in [4.69, 9.17) is 23.7 Å². The summed E-state index contributed by atoms with van der Waals surface area (Å²) < 4.78 is 27.7. The molecule has 0 aromatic rings. The van der Waals surface area contributed by atoms with Crippen LogP contribution in [0.4, 0.5) is 0 Å². The van der Waals surface area contributed by atoms with Gasteiger partial charge in [-0.25, -0.2) is 0 Å². The molecule has 0 unspecified atom stereocenters. The van der Waals surface area contributed by atoms with Gasteiger partial charge in [0.25, 0.3) is 0 Å². The molecule has 0 amide bonds. The second-order valence-corrected chi connectivity index (χ2v) is 8.61. The predicted octanol–water partition coefficient (Wildman–Crippen LogP) is 0.905. The van der Waals surface area contributed by atoms with Gasteiger partial charge in [-0.05, 0) is 0 Å². The molecule has 2 aliphatic heterocycles. The first-order chi connectivity index (χ1) is 13.7. The molecule has 0 radical (unpaired) electrons. The van der Waals surface area contributed by atoms with Crippen molar-refractivity contribution in [3.8, 4) is 0 Å². The van der Waals surface area contributed by atoms with Gasteiger partial charge in [0.2, 0.25) is 0 Å². The third-order valence-corrected chi connectivity index (χ3v) is 6.07. The highest BCUT2D eigenvalue weighted by Gasteiger charge is 2.54. The van der Waals surface area contributed by atoms with E-state index in [0.29, 0.717) is 6.54 Å². The van der Waals surface area contributed by atoms with Crippen LogP contribution in [0.1, 0.15) is 27.7 Å². The molecule has 0 N–H and O–H groups in total. The molecule has 12 heteroatoms. The van der Waals surface area contributed by atoms with Crippen molar-refractivity contribution >= 4 is 51.8 Å². The van der Waals surface area contributed by atoms with E-state index in [2.05, 4.69) is 4.99 Å². The average Bonchev–Trinajstić information content (AvgIpc) is 3.21. The highest BCUT2D eigenvalue weighted by molar-refractivity contribution is 8.39. The number of esters is 4. The van der Waals surface area contributed by atoms with Gasteiger partial charge in [-0.3, -0.25) is 24.2 Å². The van der Waals surface area contributed by atoms with Crippen LogP contribution in [0.2, 0.25) is 0 Å². The van der Waals surface area contributed by atoms with Crippen LogP contribution in [0.25, 0.3) is 0 Å². The molecule has 1 saturated heterocycles. The monoisotopic (exact) mass is 449 g/mol. The Morgan fingerprint density at radius 3 is 2.24 bits per heavy atom. The number of aliphatic imine (C=N–C) groups is 1. The third-order valence-electron chi connectivity index (χ3n) is 3.72. The van der Waals surface area contributed by atoms with Crippen molar-refractivity contribution < 1.29 is 42.9 Å². The molecular weight excluding hydrogens is 426 g/mol. The third kappa shape index (κ3) is 7.19. The van der Waals surface area contributed by atoms with Gasteiger partial charge in [0.1, 0.15) is 17.1 Å². The second kappa shape index (κ2) is 10.8. The minimum Gasteiger partial charge on any atom is -0.462 e. The Balaban J connectivity index is 2.31. The molecule has 0 spiro atoms. The summed E-state index contributed by atoms with van der Waals surface area (Å²) in [6, 6.07) is 0. The van der Waals surface area contributed by atoms with Crippen molar-refractivity contribution in [3.63, 3.8) is 0 Å². The molecule has 5 atom stereocenters. The molecule has 0 saturated carbocycles. The van der Waals surface area contributed by atoms with Crippen molar-refractivity contribution in [2.75, 3.05) is 18.9 Å². The molecule has 1 fully saturated rings. The highest BCUT2D eigenvalue weighted by Crippen LogP contribution is 2.39. The number of hydrogen-bond acceptors (Lipinski definition) is 12. The zero-order valence-electron chi connectivity index (χ0n) is 16.4. The first kappa shape index (κ1) is 23.5. The fourth-order valence-electron chi connectivity index (χ4n) is 2.78. The number of hydrogen-bond donors (Lipinski definition) is 0. The summed E-state index contributed by atoms with van der Waals surface area (Å²) >= 11 is 2.76. The number of thioether (sulfide) groups is 2. The predicted molar refractivity (Wildman–Crippen MR) is 104 cm³/mol. The zero-order chi connectivity index (χ0) is 21.6. The van der Waals surface area contributed by atoms with Crippen LogP contribution in [0.15, 0.2) is 4.99 Å². The molecule has 2 rings (SSSR count). The van der Waals surface area contributed by atoms with Crippen LogP contribution in [-0.2, 0) is 42.9 Å². The molecule has 2 aliphatic rings.